The van der Waals surface area contributed by atoms with Crippen molar-refractivity contribution >= 4 is 5.97 Å². The van der Waals surface area contributed by atoms with Crippen molar-refractivity contribution in [1.82, 2.24) is 4.90 Å². The van der Waals surface area contributed by atoms with Crippen molar-refractivity contribution in [2.75, 3.05) is 19.7 Å². The van der Waals surface area contributed by atoms with Crippen LogP contribution in [0.1, 0.15) is 45.4 Å². The summed E-state index contributed by atoms with van der Waals surface area (Å²) in [5, 5.41) is 0. The number of rotatable bonds is 3. The first kappa shape index (κ1) is 12.5. The van der Waals surface area contributed by atoms with Gasteiger partial charge in [0.25, 0.3) is 0 Å². The van der Waals surface area contributed by atoms with Crippen molar-refractivity contribution in [3.05, 3.63) is 0 Å². The average Bonchev–Trinajstić information content (AvgIpc) is 3.01. The van der Waals surface area contributed by atoms with Crippen molar-refractivity contribution in [3.63, 3.8) is 0 Å². The summed E-state index contributed by atoms with van der Waals surface area (Å²) in [5.41, 5.74) is 0. The molecular weight excluding hydrogens is 226 g/mol. The average molecular weight is 251 g/mol. The normalized spacial score (nSPS) is 40.1. The largest absolute Gasteiger partial charge is 0.466 e. The van der Waals surface area contributed by atoms with E-state index in [1.165, 1.54) is 32.2 Å². The zero-order valence-corrected chi connectivity index (χ0v) is 11.4. The molecule has 0 radical (unpaired) electrons. The van der Waals surface area contributed by atoms with Gasteiger partial charge in [0, 0.05) is 12.6 Å². The Hall–Kier alpha value is -0.570. The van der Waals surface area contributed by atoms with E-state index in [1.54, 1.807) is 0 Å². The third-order valence-electron chi connectivity index (χ3n) is 5.24. The summed E-state index contributed by atoms with van der Waals surface area (Å²) in [4.78, 5) is 14.5. The summed E-state index contributed by atoms with van der Waals surface area (Å²) in [6.07, 6.45) is 7.91. The molecule has 2 saturated carbocycles. The molecule has 102 valence electrons. The predicted octanol–water partition coefficient (Wildman–Crippen LogP) is 2.45. The van der Waals surface area contributed by atoms with E-state index in [1.807, 2.05) is 6.92 Å². The number of hydrogen-bond donors (Lipinski definition) is 0. The lowest BCUT2D eigenvalue weighted by Crippen LogP contribution is -2.47. The van der Waals surface area contributed by atoms with Crippen molar-refractivity contribution in [2.45, 2.75) is 51.5 Å². The molecule has 1 saturated heterocycles. The van der Waals surface area contributed by atoms with Crippen LogP contribution in [0.3, 0.4) is 0 Å². The van der Waals surface area contributed by atoms with Gasteiger partial charge in [0.15, 0.2) is 0 Å². The molecule has 3 aliphatic rings. The van der Waals surface area contributed by atoms with Gasteiger partial charge in [-0.05, 0) is 57.4 Å². The number of hydrogen-bond acceptors (Lipinski definition) is 3. The Morgan fingerprint density at radius 2 is 2.17 bits per heavy atom. The van der Waals surface area contributed by atoms with Crippen LogP contribution < -0.4 is 0 Å². The van der Waals surface area contributed by atoms with Crippen molar-refractivity contribution in [3.8, 4) is 0 Å². The molecule has 3 heteroatoms. The quantitative estimate of drug-likeness (QED) is 0.722. The second kappa shape index (κ2) is 5.20. The number of piperidine rings is 1. The minimum atomic E-state index is 0.0327. The molecule has 2 aliphatic carbocycles. The Morgan fingerprint density at radius 3 is 2.83 bits per heavy atom. The summed E-state index contributed by atoms with van der Waals surface area (Å²) in [5.74, 6) is 2.09. The van der Waals surface area contributed by atoms with Gasteiger partial charge < -0.3 is 4.74 Å². The van der Waals surface area contributed by atoms with Gasteiger partial charge in [-0.2, -0.15) is 0 Å². The van der Waals surface area contributed by atoms with Crippen LogP contribution in [0.2, 0.25) is 0 Å². The second-order valence-corrected chi connectivity index (χ2v) is 6.33. The third kappa shape index (κ3) is 2.29. The lowest BCUT2D eigenvalue weighted by atomic mass is 9.90. The van der Waals surface area contributed by atoms with E-state index in [0.29, 0.717) is 6.61 Å². The maximum Gasteiger partial charge on any atom is 0.310 e. The van der Waals surface area contributed by atoms with Gasteiger partial charge in [0.05, 0.1) is 12.5 Å². The minimum absolute atomic E-state index is 0.0327. The van der Waals surface area contributed by atoms with Gasteiger partial charge >= 0.3 is 5.97 Å². The molecule has 3 rings (SSSR count). The molecular formula is C15H25NO2. The molecule has 0 amide bonds. The molecule has 0 aromatic heterocycles. The van der Waals surface area contributed by atoms with E-state index >= 15 is 0 Å². The molecule has 1 heterocycles. The highest BCUT2D eigenvalue weighted by Gasteiger charge is 2.43. The Labute approximate surface area is 110 Å². The summed E-state index contributed by atoms with van der Waals surface area (Å²) in [6, 6.07) is 0.779. The molecule has 0 spiro atoms. The topological polar surface area (TPSA) is 29.5 Å². The van der Waals surface area contributed by atoms with E-state index in [0.717, 1.165) is 37.3 Å². The Balaban J connectivity index is 1.58. The Bertz CT molecular complexity index is 318. The van der Waals surface area contributed by atoms with Gasteiger partial charge in [-0.15, -0.1) is 0 Å². The first-order valence-corrected chi connectivity index (χ1v) is 7.68. The van der Waals surface area contributed by atoms with Crippen LogP contribution >= 0.6 is 0 Å². The van der Waals surface area contributed by atoms with E-state index in [-0.39, 0.29) is 11.9 Å². The van der Waals surface area contributed by atoms with E-state index in [9.17, 15) is 4.79 Å². The van der Waals surface area contributed by atoms with Crippen molar-refractivity contribution < 1.29 is 9.53 Å². The minimum Gasteiger partial charge on any atom is -0.466 e. The van der Waals surface area contributed by atoms with Crippen molar-refractivity contribution in [1.29, 1.82) is 0 Å². The molecule has 3 nitrogen and oxygen atoms in total. The van der Waals surface area contributed by atoms with Gasteiger partial charge in [-0.25, -0.2) is 0 Å². The number of likely N-dealkylation sites (tertiary alicyclic amines) is 1. The monoisotopic (exact) mass is 251 g/mol. The van der Waals surface area contributed by atoms with Gasteiger partial charge in [0.1, 0.15) is 0 Å². The molecule has 0 N–H and O–H groups in total. The zero-order valence-electron chi connectivity index (χ0n) is 11.4. The highest BCUT2D eigenvalue weighted by molar-refractivity contribution is 5.72. The van der Waals surface area contributed by atoms with E-state index in [2.05, 4.69) is 4.90 Å². The number of carbonyl (C=O) groups excluding carboxylic acids is 1. The molecule has 0 aromatic carbocycles. The van der Waals surface area contributed by atoms with Gasteiger partial charge in [0.2, 0.25) is 0 Å². The highest BCUT2D eigenvalue weighted by Crippen LogP contribution is 2.47. The Morgan fingerprint density at radius 1 is 1.28 bits per heavy atom. The highest BCUT2D eigenvalue weighted by atomic mass is 16.5. The van der Waals surface area contributed by atoms with Crippen LogP contribution in [0, 0.1) is 17.8 Å². The van der Waals surface area contributed by atoms with Crippen LogP contribution in [0.4, 0.5) is 0 Å². The summed E-state index contributed by atoms with van der Waals surface area (Å²) in [6.45, 7) is 4.56. The van der Waals surface area contributed by atoms with Crippen LogP contribution in [0.5, 0.6) is 0 Å². The van der Waals surface area contributed by atoms with Crippen molar-refractivity contribution in [2.24, 2.45) is 17.8 Å². The fourth-order valence-corrected chi connectivity index (χ4v) is 4.42. The summed E-state index contributed by atoms with van der Waals surface area (Å²) >= 11 is 0. The lowest BCUT2D eigenvalue weighted by Gasteiger charge is -2.39. The number of carbonyl (C=O) groups is 1. The van der Waals surface area contributed by atoms with Crippen LogP contribution in [-0.4, -0.2) is 36.6 Å². The van der Waals surface area contributed by atoms with E-state index < -0.39 is 0 Å². The number of nitrogens with zero attached hydrogens (tertiary/aromatic N) is 1. The number of esters is 1. The smallest absolute Gasteiger partial charge is 0.310 e. The molecule has 2 bridgehead atoms. The van der Waals surface area contributed by atoms with Crippen LogP contribution in [0.25, 0.3) is 0 Å². The SMILES string of the molecule is CCOC(=O)[C@H]1CCCN(C2CC3CCC2C3)C1. The van der Waals surface area contributed by atoms with Gasteiger partial charge in [-0.3, -0.25) is 9.69 Å². The molecule has 3 unspecified atom stereocenters. The van der Waals surface area contributed by atoms with Crippen LogP contribution in [0.15, 0.2) is 0 Å². The lowest BCUT2D eigenvalue weighted by molar-refractivity contribution is -0.150. The second-order valence-electron chi connectivity index (χ2n) is 6.33. The third-order valence-corrected chi connectivity index (χ3v) is 5.24. The van der Waals surface area contributed by atoms with Crippen LogP contribution in [-0.2, 0) is 9.53 Å². The first-order valence-electron chi connectivity index (χ1n) is 7.68. The fourth-order valence-electron chi connectivity index (χ4n) is 4.42. The Kier molecular flexibility index (Phi) is 3.60. The fraction of sp³-hybridized carbons (Fsp3) is 0.933. The summed E-state index contributed by atoms with van der Waals surface area (Å²) in [7, 11) is 0. The van der Waals surface area contributed by atoms with E-state index in [4.69, 9.17) is 4.74 Å². The zero-order chi connectivity index (χ0) is 12.5. The molecule has 3 fully saturated rings. The molecule has 18 heavy (non-hydrogen) atoms. The predicted molar refractivity (Wildman–Crippen MR) is 70.2 cm³/mol. The number of ether oxygens (including phenoxy) is 1. The summed E-state index contributed by atoms with van der Waals surface area (Å²) < 4.78 is 5.19. The first-order chi connectivity index (χ1) is 8.78. The molecule has 0 aromatic rings. The molecule has 4 atom stereocenters. The van der Waals surface area contributed by atoms with Gasteiger partial charge in [-0.1, -0.05) is 6.42 Å². The maximum atomic E-state index is 11.9. The maximum absolute atomic E-state index is 11.9. The standard InChI is InChI=1S/C15H25NO2/c1-2-18-15(17)13-4-3-7-16(10-13)14-9-11-5-6-12(14)8-11/h11-14H,2-10H2,1H3/t11?,12?,13-,14?/m0/s1. The molecule has 1 aliphatic heterocycles. The number of fused-ring (bicyclic) bond motifs is 2.